The Morgan fingerprint density at radius 1 is 0.714 bits per heavy atom. The van der Waals surface area contributed by atoms with Crippen LogP contribution in [0.15, 0.2) is 0 Å². The summed E-state index contributed by atoms with van der Waals surface area (Å²) in [7, 11) is -16.1. The van der Waals surface area contributed by atoms with Crippen LogP contribution in [-0.2, 0) is 26.6 Å². The number of rotatable bonds is 0. The maximum Gasteiger partial charge on any atom is 2.00 e. The van der Waals surface area contributed by atoms with Crippen LogP contribution in [0.25, 0.3) is 0 Å². The third kappa shape index (κ3) is 6.93. The van der Waals surface area contributed by atoms with E-state index in [0.29, 0.717) is 0 Å². The van der Waals surface area contributed by atoms with Gasteiger partial charge < -0.3 is 14.7 Å². The molecule has 14 heteroatoms. The van der Waals surface area contributed by atoms with Gasteiger partial charge in [-0.05, 0) is 0 Å². The van der Waals surface area contributed by atoms with Gasteiger partial charge in [0.05, 0.1) is 0 Å². The molecule has 72 valence electrons. The van der Waals surface area contributed by atoms with Crippen LogP contribution >= 0.6 is 23.5 Å². The van der Waals surface area contributed by atoms with Gasteiger partial charge in [0, 0.05) is 0 Å². The van der Waals surface area contributed by atoms with Crippen LogP contribution < -0.4 is 66.1 Å². The van der Waals surface area contributed by atoms with E-state index in [1.807, 2.05) is 0 Å². The van der Waals surface area contributed by atoms with Crippen LogP contribution in [0.3, 0.4) is 0 Å². The molecule has 0 aromatic carbocycles. The summed E-state index contributed by atoms with van der Waals surface area (Å²) in [5.41, 5.74) is 0. The van der Waals surface area contributed by atoms with E-state index in [1.54, 1.807) is 0 Å². The molecule has 14 heavy (non-hydrogen) atoms. The summed E-state index contributed by atoms with van der Waals surface area (Å²) in [5, 5.41) is 0. The molecule has 0 spiro atoms. The first-order valence-electron chi connectivity index (χ1n) is 2.19. The van der Waals surface area contributed by atoms with E-state index in [9.17, 15) is 28.4 Å². The maximum absolute atomic E-state index is 10.2. The van der Waals surface area contributed by atoms with E-state index < -0.39 is 23.5 Å². The molecule has 0 amide bonds. The topological polar surface area (TPSA) is 148 Å². The average molecular weight is 316 g/mol. The molecule has 9 nitrogen and oxygen atoms in total. The first-order chi connectivity index (χ1) is 5.12. The molecule has 1 aliphatic rings. The Balaban J connectivity index is 0. The van der Waals surface area contributed by atoms with Crippen molar-refractivity contribution in [2.45, 2.75) is 0 Å². The zero-order chi connectivity index (χ0) is 9.62. The summed E-state index contributed by atoms with van der Waals surface area (Å²) in [5.74, 6) is 0. The molecule has 0 bridgehead atoms. The van der Waals surface area contributed by atoms with Crippen molar-refractivity contribution >= 4 is 61.2 Å². The van der Waals surface area contributed by atoms with E-state index in [-0.39, 0.29) is 89.1 Å². The van der Waals surface area contributed by atoms with Crippen LogP contribution in [0.4, 0.5) is 0 Å². The van der Waals surface area contributed by atoms with Crippen molar-refractivity contribution in [1.82, 2.24) is 0 Å². The van der Waals surface area contributed by atoms with Crippen molar-refractivity contribution in [3.05, 3.63) is 0 Å². The van der Waals surface area contributed by atoms with Gasteiger partial charge in [0.2, 0.25) is 0 Å². The Kier molecular flexibility index (Phi) is 9.13. The standard InChI is InChI=1S/Ca.K.H3O9P3/c;;1-10(2)7-11(3,4)9-12(5,6)8-10/h;;(H,1,2)(H,3,4)(H,5,6)/q+2;+1;/p-3. The molecule has 1 fully saturated rings. The van der Waals surface area contributed by atoms with Crippen LogP contribution in [0, 0.1) is 0 Å². The molecule has 1 aliphatic heterocycles. The first kappa shape index (κ1) is 19.7. The fourth-order valence-electron chi connectivity index (χ4n) is 0.412. The quantitative estimate of drug-likeness (QED) is 0.316. The fourth-order valence-corrected chi connectivity index (χ4v) is 4.51. The zero-order valence-corrected chi connectivity index (χ0v) is 14.7. The monoisotopic (exact) mass is 316 g/mol. The summed E-state index contributed by atoms with van der Waals surface area (Å²) in [4.78, 5) is 30.7. The van der Waals surface area contributed by atoms with Crippen molar-refractivity contribution in [2.24, 2.45) is 0 Å². The number of hydrogen-bond donors (Lipinski definition) is 0. The zero-order valence-electron chi connectivity index (χ0n) is 6.72. The first-order valence-corrected chi connectivity index (χ1v) is 6.57. The molecule has 0 unspecified atom stereocenters. The van der Waals surface area contributed by atoms with Gasteiger partial charge in [0.25, 0.3) is 23.5 Å². The Morgan fingerprint density at radius 2 is 0.857 bits per heavy atom. The van der Waals surface area contributed by atoms with Crippen molar-refractivity contribution in [1.29, 1.82) is 0 Å². The number of phosphoric acid groups is 3. The van der Waals surface area contributed by atoms with Gasteiger partial charge in [-0.1, -0.05) is 0 Å². The van der Waals surface area contributed by atoms with Crippen molar-refractivity contribution in [3.63, 3.8) is 0 Å². The summed E-state index contributed by atoms with van der Waals surface area (Å²) in [6.45, 7) is 0. The third-order valence-corrected chi connectivity index (χ3v) is 5.40. The molecule has 0 N–H and O–H groups in total. The van der Waals surface area contributed by atoms with Crippen LogP contribution in [0.2, 0.25) is 0 Å². The molecule has 1 heterocycles. The van der Waals surface area contributed by atoms with Gasteiger partial charge in [0.1, 0.15) is 0 Å². The predicted octanol–water partition coefficient (Wildman–Crippen LogP) is -4.92. The van der Waals surface area contributed by atoms with Gasteiger partial charge in [-0.3, -0.25) is 13.7 Å². The molecule has 0 radical (unpaired) electrons. The smallest absolute Gasteiger partial charge is 0.756 e. The SMILES string of the molecule is O=P1([O-])OP(=O)([O-])OP(=O)([O-])O1.[Ca+2].[K+]. The van der Waals surface area contributed by atoms with E-state index in [4.69, 9.17) is 0 Å². The van der Waals surface area contributed by atoms with Crippen LogP contribution in [0.5, 0.6) is 0 Å². The average Bonchev–Trinajstić information content (AvgIpc) is 1.44. The van der Waals surface area contributed by atoms with Gasteiger partial charge in [-0.2, -0.15) is 0 Å². The minimum absolute atomic E-state index is 0. The van der Waals surface area contributed by atoms with Gasteiger partial charge in [0.15, 0.2) is 0 Å². The van der Waals surface area contributed by atoms with Gasteiger partial charge >= 0.3 is 89.1 Å². The normalized spacial score (nSPS) is 47.4. The minimum atomic E-state index is -5.36. The minimum Gasteiger partial charge on any atom is -0.756 e. The Hall–Kier alpha value is 3.35. The van der Waals surface area contributed by atoms with E-state index in [2.05, 4.69) is 12.9 Å². The summed E-state index contributed by atoms with van der Waals surface area (Å²) >= 11 is 0. The summed E-state index contributed by atoms with van der Waals surface area (Å²) in [6.07, 6.45) is 0. The van der Waals surface area contributed by atoms with Crippen LogP contribution in [0.1, 0.15) is 0 Å². The van der Waals surface area contributed by atoms with E-state index in [0.717, 1.165) is 0 Å². The molecule has 0 aromatic heterocycles. The second-order valence-corrected chi connectivity index (χ2v) is 6.23. The molecule has 1 rings (SSSR count). The Morgan fingerprint density at radius 3 is 1.00 bits per heavy atom. The Labute approximate surface area is 151 Å². The van der Waals surface area contributed by atoms with Crippen molar-refractivity contribution in [3.8, 4) is 0 Å². The van der Waals surface area contributed by atoms with Gasteiger partial charge in [-0.15, -0.1) is 0 Å². The fraction of sp³-hybridized carbons (Fsp3) is 0. The second-order valence-electron chi connectivity index (χ2n) is 1.59. The van der Waals surface area contributed by atoms with Crippen molar-refractivity contribution < 1.29 is 92.7 Å². The molecule has 1 saturated heterocycles. The second kappa shape index (κ2) is 6.49. The number of hydrogen-bond acceptors (Lipinski definition) is 9. The Bertz CT molecular complexity index is 265. The molecular formula is CaKO9P3. The van der Waals surface area contributed by atoms with Gasteiger partial charge in [-0.25, -0.2) is 12.9 Å². The third-order valence-electron chi connectivity index (χ3n) is 0.600. The molecular weight excluding hydrogens is 316 g/mol. The van der Waals surface area contributed by atoms with Crippen LogP contribution in [-0.4, -0.2) is 37.7 Å². The van der Waals surface area contributed by atoms with E-state index in [1.165, 1.54) is 0 Å². The summed E-state index contributed by atoms with van der Waals surface area (Å²) < 4.78 is 40.3. The van der Waals surface area contributed by atoms with Crippen molar-refractivity contribution in [2.75, 3.05) is 0 Å². The van der Waals surface area contributed by atoms with E-state index >= 15 is 0 Å². The molecule has 0 aromatic rings. The molecule has 0 saturated carbocycles. The maximum atomic E-state index is 10.2. The summed E-state index contributed by atoms with van der Waals surface area (Å²) in [6, 6.07) is 0. The molecule has 0 atom stereocenters. The largest absolute Gasteiger partial charge is 2.00 e. The molecule has 0 aliphatic carbocycles. The predicted molar refractivity (Wildman–Crippen MR) is 31.8 cm³/mol.